The second-order valence-corrected chi connectivity index (χ2v) is 6.47. The molecule has 1 heterocycles. The van der Waals surface area contributed by atoms with Crippen molar-refractivity contribution in [2.45, 2.75) is 13.5 Å². The summed E-state index contributed by atoms with van der Waals surface area (Å²) in [5.41, 5.74) is 2.58. The number of hydrogen-bond donors (Lipinski definition) is 2. The first kappa shape index (κ1) is 18.2. The van der Waals surface area contributed by atoms with Crippen LogP contribution in [0.5, 0.6) is 0 Å². The van der Waals surface area contributed by atoms with Gasteiger partial charge in [-0.15, -0.1) is 0 Å². The summed E-state index contributed by atoms with van der Waals surface area (Å²) in [4.78, 5) is 21.0. The maximum absolute atomic E-state index is 12.4. The topological polar surface area (TPSA) is 66.9 Å². The zero-order valence-corrected chi connectivity index (χ0v) is 15.5. The van der Waals surface area contributed by atoms with E-state index in [9.17, 15) is 4.79 Å². The Kier molecular flexibility index (Phi) is 5.71. The van der Waals surface area contributed by atoms with Crippen LogP contribution in [0.15, 0.2) is 54.6 Å². The van der Waals surface area contributed by atoms with Crippen molar-refractivity contribution in [3.8, 4) is 0 Å². The van der Waals surface area contributed by atoms with Crippen molar-refractivity contribution in [1.29, 1.82) is 0 Å². The van der Waals surface area contributed by atoms with Crippen LogP contribution >= 0.6 is 23.2 Å². The van der Waals surface area contributed by atoms with Gasteiger partial charge in [0, 0.05) is 28.0 Å². The van der Waals surface area contributed by atoms with E-state index in [2.05, 4.69) is 20.6 Å². The quantitative estimate of drug-likeness (QED) is 0.662. The molecule has 7 heteroatoms. The number of nitrogens with one attached hydrogen (secondary N) is 2. The first-order valence-corrected chi connectivity index (χ1v) is 8.67. The van der Waals surface area contributed by atoms with E-state index in [0.29, 0.717) is 28.2 Å². The number of benzene rings is 2. The van der Waals surface area contributed by atoms with E-state index in [-0.39, 0.29) is 11.6 Å². The van der Waals surface area contributed by atoms with Crippen LogP contribution in [-0.2, 0) is 6.54 Å². The fourth-order valence-electron chi connectivity index (χ4n) is 2.31. The highest BCUT2D eigenvalue weighted by molar-refractivity contribution is 6.31. The van der Waals surface area contributed by atoms with Crippen LogP contribution in [0.2, 0.25) is 10.0 Å². The van der Waals surface area contributed by atoms with E-state index >= 15 is 0 Å². The molecule has 0 bridgehead atoms. The van der Waals surface area contributed by atoms with Gasteiger partial charge < -0.3 is 10.6 Å². The van der Waals surface area contributed by atoms with Crippen molar-refractivity contribution >= 4 is 40.7 Å². The molecule has 0 radical (unpaired) electrons. The number of nitrogens with zero attached hydrogens (tertiary/aromatic N) is 2. The van der Waals surface area contributed by atoms with Crippen molar-refractivity contribution in [3.05, 3.63) is 81.6 Å². The number of hydrogen-bond acceptors (Lipinski definition) is 4. The van der Waals surface area contributed by atoms with Gasteiger partial charge in [0.2, 0.25) is 5.95 Å². The lowest BCUT2D eigenvalue weighted by Gasteiger charge is -2.09. The molecule has 132 valence electrons. The molecule has 0 aliphatic carbocycles. The van der Waals surface area contributed by atoms with E-state index in [1.54, 1.807) is 31.2 Å². The van der Waals surface area contributed by atoms with Crippen molar-refractivity contribution in [1.82, 2.24) is 15.3 Å². The van der Waals surface area contributed by atoms with Crippen LogP contribution < -0.4 is 10.6 Å². The number of halogens is 2. The molecular formula is C19H16Cl2N4O. The molecular weight excluding hydrogens is 371 g/mol. The second-order valence-electron chi connectivity index (χ2n) is 5.62. The Hall–Kier alpha value is -2.63. The summed E-state index contributed by atoms with van der Waals surface area (Å²) in [7, 11) is 0. The van der Waals surface area contributed by atoms with Gasteiger partial charge in [0.15, 0.2) is 0 Å². The molecule has 0 saturated carbocycles. The zero-order chi connectivity index (χ0) is 18.5. The fourth-order valence-corrected chi connectivity index (χ4v) is 2.64. The number of rotatable bonds is 5. The van der Waals surface area contributed by atoms with E-state index in [1.807, 2.05) is 30.3 Å². The van der Waals surface area contributed by atoms with Gasteiger partial charge in [-0.1, -0.05) is 41.4 Å². The molecule has 0 atom stereocenters. The zero-order valence-electron chi connectivity index (χ0n) is 14.0. The molecule has 0 fully saturated rings. The summed E-state index contributed by atoms with van der Waals surface area (Å²) in [6, 6.07) is 16.1. The third-order valence-electron chi connectivity index (χ3n) is 3.58. The Labute approximate surface area is 161 Å². The van der Waals surface area contributed by atoms with Crippen LogP contribution in [-0.4, -0.2) is 15.9 Å². The summed E-state index contributed by atoms with van der Waals surface area (Å²) in [6.45, 7) is 2.13. The molecule has 0 saturated heterocycles. The number of amides is 1. The van der Waals surface area contributed by atoms with Crippen molar-refractivity contribution in [2.24, 2.45) is 0 Å². The van der Waals surface area contributed by atoms with Gasteiger partial charge in [0.1, 0.15) is 5.69 Å². The first-order valence-electron chi connectivity index (χ1n) is 7.91. The Bertz CT molecular complexity index is 929. The molecule has 0 spiro atoms. The number of anilines is 2. The minimum atomic E-state index is -0.297. The Morgan fingerprint density at radius 2 is 1.77 bits per heavy atom. The van der Waals surface area contributed by atoms with Crippen molar-refractivity contribution in [3.63, 3.8) is 0 Å². The van der Waals surface area contributed by atoms with E-state index in [4.69, 9.17) is 23.2 Å². The molecule has 0 unspecified atom stereocenters. The van der Waals surface area contributed by atoms with Gasteiger partial charge in [0.05, 0.1) is 0 Å². The van der Waals surface area contributed by atoms with E-state index in [0.717, 1.165) is 11.3 Å². The molecule has 1 amide bonds. The monoisotopic (exact) mass is 386 g/mol. The Morgan fingerprint density at radius 3 is 2.50 bits per heavy atom. The summed E-state index contributed by atoms with van der Waals surface area (Å²) < 4.78 is 0. The molecule has 0 aliphatic rings. The van der Waals surface area contributed by atoms with Crippen molar-refractivity contribution in [2.75, 3.05) is 5.32 Å². The fraction of sp³-hybridized carbons (Fsp3) is 0.105. The average Bonchev–Trinajstić information content (AvgIpc) is 2.62. The maximum Gasteiger partial charge on any atom is 0.270 e. The van der Waals surface area contributed by atoms with Gasteiger partial charge >= 0.3 is 0 Å². The normalized spacial score (nSPS) is 10.4. The molecule has 1 aromatic heterocycles. The maximum atomic E-state index is 12.4. The highest BCUT2D eigenvalue weighted by Crippen LogP contribution is 2.18. The van der Waals surface area contributed by atoms with Gasteiger partial charge in [-0.3, -0.25) is 4.79 Å². The molecule has 2 N–H and O–H groups in total. The summed E-state index contributed by atoms with van der Waals surface area (Å²) in [6.07, 6.45) is 0. The molecule has 2 aromatic carbocycles. The number of carbonyl (C=O) groups excluding carboxylic acids is 1. The van der Waals surface area contributed by atoms with Gasteiger partial charge in [0.25, 0.3) is 5.91 Å². The summed E-state index contributed by atoms with van der Waals surface area (Å²) in [5, 5.41) is 7.14. The standard InChI is InChI=1S/C19H16Cl2N4O/c1-12-10-17(18(26)22-11-13-4-2-3-5-16(13)21)25-19(23-12)24-15-8-6-14(20)7-9-15/h2-10H,11H2,1H3,(H,22,26)(H,23,24,25). The lowest BCUT2D eigenvalue weighted by molar-refractivity contribution is 0.0946. The molecule has 0 aliphatic heterocycles. The lowest BCUT2D eigenvalue weighted by Crippen LogP contribution is -2.24. The molecule has 5 nitrogen and oxygen atoms in total. The molecule has 26 heavy (non-hydrogen) atoms. The Balaban J connectivity index is 1.73. The van der Waals surface area contributed by atoms with Crippen molar-refractivity contribution < 1.29 is 4.79 Å². The van der Waals surface area contributed by atoms with Crippen LogP contribution in [0.3, 0.4) is 0 Å². The predicted molar refractivity (Wildman–Crippen MR) is 104 cm³/mol. The summed E-state index contributed by atoms with van der Waals surface area (Å²) in [5.74, 6) is 0.0461. The first-order chi connectivity index (χ1) is 12.5. The number of carbonyl (C=O) groups is 1. The van der Waals surface area contributed by atoms with Crippen LogP contribution in [0.1, 0.15) is 21.7 Å². The highest BCUT2D eigenvalue weighted by Gasteiger charge is 2.11. The Morgan fingerprint density at radius 1 is 1.04 bits per heavy atom. The van der Waals surface area contributed by atoms with Crippen LogP contribution in [0.4, 0.5) is 11.6 Å². The second kappa shape index (κ2) is 8.17. The van der Waals surface area contributed by atoms with Gasteiger partial charge in [-0.2, -0.15) is 0 Å². The van der Waals surface area contributed by atoms with Crippen LogP contribution in [0, 0.1) is 6.92 Å². The largest absolute Gasteiger partial charge is 0.347 e. The third kappa shape index (κ3) is 4.71. The van der Waals surface area contributed by atoms with Gasteiger partial charge in [-0.25, -0.2) is 9.97 Å². The van der Waals surface area contributed by atoms with E-state index in [1.165, 1.54) is 0 Å². The smallest absolute Gasteiger partial charge is 0.270 e. The van der Waals surface area contributed by atoms with E-state index < -0.39 is 0 Å². The van der Waals surface area contributed by atoms with Crippen LogP contribution in [0.25, 0.3) is 0 Å². The lowest BCUT2D eigenvalue weighted by atomic mass is 10.2. The average molecular weight is 387 g/mol. The minimum Gasteiger partial charge on any atom is -0.347 e. The third-order valence-corrected chi connectivity index (χ3v) is 4.21. The number of aryl methyl sites for hydroxylation is 1. The predicted octanol–water partition coefficient (Wildman–Crippen LogP) is 4.77. The summed E-state index contributed by atoms with van der Waals surface area (Å²) >= 11 is 12.0. The highest BCUT2D eigenvalue weighted by atomic mass is 35.5. The van der Waals surface area contributed by atoms with Gasteiger partial charge in [-0.05, 0) is 48.9 Å². The molecule has 3 rings (SSSR count). The minimum absolute atomic E-state index is 0.279. The molecule has 3 aromatic rings. The number of aromatic nitrogens is 2. The SMILES string of the molecule is Cc1cc(C(=O)NCc2ccccc2Cl)nc(Nc2ccc(Cl)cc2)n1.